The van der Waals surface area contributed by atoms with Crippen molar-refractivity contribution in [1.82, 2.24) is 4.98 Å². The SMILES string of the molecule is CCOCC(=O)OCOc1c(OC)ccnc1C(=O)C[C@@H](C)C(=O)O[C@@H](C)[C@H](Cc1ccc(F)cc1)C(C)(C)OC. The third-order valence-corrected chi connectivity index (χ3v) is 6.75. The molecule has 0 unspecified atom stereocenters. The summed E-state index contributed by atoms with van der Waals surface area (Å²) in [5, 5.41) is 0. The van der Waals surface area contributed by atoms with E-state index in [1.54, 1.807) is 40.0 Å². The van der Waals surface area contributed by atoms with Gasteiger partial charge in [-0.3, -0.25) is 9.59 Å². The van der Waals surface area contributed by atoms with Crippen LogP contribution in [0.25, 0.3) is 0 Å². The predicted molar refractivity (Wildman–Crippen MR) is 147 cm³/mol. The van der Waals surface area contributed by atoms with Gasteiger partial charge in [0, 0.05) is 38.3 Å². The Kier molecular flexibility index (Phi) is 13.1. The topological polar surface area (TPSA) is 119 Å². The third-order valence-electron chi connectivity index (χ3n) is 6.75. The molecule has 0 aliphatic carbocycles. The minimum absolute atomic E-state index is 0.0145. The predicted octanol–water partition coefficient (Wildman–Crippen LogP) is 4.57. The second kappa shape index (κ2) is 16.0. The summed E-state index contributed by atoms with van der Waals surface area (Å²) in [6.07, 6.45) is 1.05. The summed E-state index contributed by atoms with van der Waals surface area (Å²) >= 11 is 0. The molecule has 2 aromatic rings. The van der Waals surface area contributed by atoms with Gasteiger partial charge in [0.05, 0.1) is 18.6 Å². The lowest BCUT2D eigenvalue weighted by atomic mass is 9.81. The molecule has 0 spiro atoms. The van der Waals surface area contributed by atoms with Crippen molar-refractivity contribution < 1.29 is 47.2 Å². The van der Waals surface area contributed by atoms with Crippen LogP contribution in [-0.4, -0.2) is 68.6 Å². The molecule has 10 nitrogen and oxygen atoms in total. The first kappa shape index (κ1) is 33.6. The number of halogens is 1. The maximum absolute atomic E-state index is 13.4. The van der Waals surface area contributed by atoms with Crippen LogP contribution in [0.3, 0.4) is 0 Å². The third kappa shape index (κ3) is 10.1. The van der Waals surface area contributed by atoms with E-state index in [0.29, 0.717) is 13.0 Å². The van der Waals surface area contributed by atoms with E-state index in [4.69, 9.17) is 28.4 Å². The number of Topliss-reactive ketones (excluding diaryl/α,β-unsaturated/α-hetero) is 1. The summed E-state index contributed by atoms with van der Waals surface area (Å²) in [4.78, 5) is 42.1. The molecule has 0 aliphatic heterocycles. The van der Waals surface area contributed by atoms with E-state index in [-0.39, 0.29) is 42.0 Å². The van der Waals surface area contributed by atoms with Gasteiger partial charge in [-0.05, 0) is 51.8 Å². The quantitative estimate of drug-likeness (QED) is 0.150. The van der Waals surface area contributed by atoms with Crippen LogP contribution in [-0.2, 0) is 35.0 Å². The number of pyridine rings is 1. The molecule has 0 aliphatic rings. The Balaban J connectivity index is 2.10. The summed E-state index contributed by atoms with van der Waals surface area (Å²) in [6.45, 7) is 8.50. The van der Waals surface area contributed by atoms with Gasteiger partial charge in [-0.1, -0.05) is 19.1 Å². The highest BCUT2D eigenvalue weighted by molar-refractivity contribution is 5.99. The molecular formula is C30H40FNO9. The number of benzene rings is 1. The number of ketones is 1. The number of hydrogen-bond donors (Lipinski definition) is 0. The maximum Gasteiger partial charge on any atom is 0.334 e. The normalized spacial score (nSPS) is 13.6. The summed E-state index contributed by atoms with van der Waals surface area (Å²) < 4.78 is 45.7. The molecule has 1 heterocycles. The summed E-state index contributed by atoms with van der Waals surface area (Å²) in [5.74, 6) is -2.92. The number of aromatic nitrogens is 1. The van der Waals surface area contributed by atoms with Crippen molar-refractivity contribution in [2.24, 2.45) is 11.8 Å². The lowest BCUT2D eigenvalue weighted by Crippen LogP contribution is -2.43. The largest absolute Gasteiger partial charge is 0.493 e. The van der Waals surface area contributed by atoms with E-state index in [0.717, 1.165) is 5.56 Å². The first-order valence-electron chi connectivity index (χ1n) is 13.4. The molecule has 0 fully saturated rings. The minimum atomic E-state index is -0.813. The molecule has 0 bridgehead atoms. The highest BCUT2D eigenvalue weighted by Crippen LogP contribution is 2.32. The van der Waals surface area contributed by atoms with Crippen LogP contribution in [0.15, 0.2) is 36.5 Å². The van der Waals surface area contributed by atoms with Gasteiger partial charge in [-0.25, -0.2) is 14.2 Å². The van der Waals surface area contributed by atoms with Crippen LogP contribution in [0.4, 0.5) is 4.39 Å². The Morgan fingerprint density at radius 1 is 1.05 bits per heavy atom. The summed E-state index contributed by atoms with van der Waals surface area (Å²) in [7, 11) is 2.97. The lowest BCUT2D eigenvalue weighted by Gasteiger charge is -2.37. The zero-order chi connectivity index (χ0) is 30.6. The number of carbonyl (C=O) groups excluding carboxylic acids is 3. The van der Waals surface area contributed by atoms with Gasteiger partial charge < -0.3 is 28.4 Å². The van der Waals surface area contributed by atoms with E-state index < -0.39 is 42.1 Å². The zero-order valence-corrected chi connectivity index (χ0v) is 24.7. The Hall–Kier alpha value is -3.57. The standard InChI is InChI=1S/C30H40FNO9/c1-8-38-17-26(34)39-18-40-28-25(36-6)13-14-32-27(28)24(33)15-19(2)29(35)41-20(3)23(30(4,5)37-7)16-21-9-11-22(31)12-10-21/h9-14,19-20,23H,8,15-18H2,1-7H3/t19-,20+,23+/m1/s1. The van der Waals surface area contributed by atoms with Crippen molar-refractivity contribution in [3.63, 3.8) is 0 Å². The van der Waals surface area contributed by atoms with Crippen LogP contribution >= 0.6 is 0 Å². The fourth-order valence-corrected chi connectivity index (χ4v) is 4.15. The van der Waals surface area contributed by atoms with Crippen molar-refractivity contribution in [2.45, 2.75) is 59.2 Å². The van der Waals surface area contributed by atoms with Crippen LogP contribution < -0.4 is 9.47 Å². The highest BCUT2D eigenvalue weighted by Gasteiger charge is 2.37. The fraction of sp³-hybridized carbons (Fsp3) is 0.533. The van der Waals surface area contributed by atoms with Crippen molar-refractivity contribution in [3.05, 3.63) is 53.6 Å². The number of nitrogens with zero attached hydrogens (tertiary/aromatic N) is 1. The molecule has 1 aromatic carbocycles. The van der Waals surface area contributed by atoms with E-state index in [9.17, 15) is 18.8 Å². The average Bonchev–Trinajstić information content (AvgIpc) is 2.95. The van der Waals surface area contributed by atoms with E-state index >= 15 is 0 Å². The molecule has 0 N–H and O–H groups in total. The molecule has 2 rings (SSSR count). The number of hydrogen-bond acceptors (Lipinski definition) is 10. The van der Waals surface area contributed by atoms with Crippen molar-refractivity contribution in [2.75, 3.05) is 34.2 Å². The first-order valence-corrected chi connectivity index (χ1v) is 13.4. The fourth-order valence-electron chi connectivity index (χ4n) is 4.15. The van der Waals surface area contributed by atoms with Gasteiger partial charge in [0.2, 0.25) is 6.79 Å². The van der Waals surface area contributed by atoms with E-state index in [2.05, 4.69) is 4.98 Å². The van der Waals surface area contributed by atoms with E-state index in [1.165, 1.54) is 31.5 Å². The molecule has 0 radical (unpaired) electrons. The summed E-state index contributed by atoms with van der Waals surface area (Å²) in [6, 6.07) is 7.62. The Bertz CT molecular complexity index is 1150. The van der Waals surface area contributed by atoms with Crippen molar-refractivity contribution in [1.29, 1.82) is 0 Å². The number of ether oxygens (including phenoxy) is 6. The Morgan fingerprint density at radius 3 is 2.34 bits per heavy atom. The summed E-state index contributed by atoms with van der Waals surface area (Å²) in [5.41, 5.74) is 0.121. The van der Waals surface area contributed by atoms with Crippen LogP contribution in [0.5, 0.6) is 11.5 Å². The van der Waals surface area contributed by atoms with Crippen LogP contribution in [0.1, 0.15) is 57.1 Å². The highest BCUT2D eigenvalue weighted by atomic mass is 19.1. The molecule has 11 heteroatoms. The number of rotatable bonds is 17. The van der Waals surface area contributed by atoms with Crippen LogP contribution in [0.2, 0.25) is 0 Å². The minimum Gasteiger partial charge on any atom is -0.493 e. The molecule has 0 saturated carbocycles. The number of carbonyl (C=O) groups is 3. The first-order chi connectivity index (χ1) is 19.4. The Labute approximate surface area is 240 Å². The van der Waals surface area contributed by atoms with Gasteiger partial charge in [-0.15, -0.1) is 0 Å². The molecule has 41 heavy (non-hydrogen) atoms. The number of esters is 2. The monoisotopic (exact) mass is 577 g/mol. The Morgan fingerprint density at radius 2 is 1.73 bits per heavy atom. The van der Waals surface area contributed by atoms with Crippen molar-refractivity contribution in [3.8, 4) is 11.5 Å². The second-order valence-corrected chi connectivity index (χ2v) is 10.0. The molecule has 1 aromatic heterocycles. The zero-order valence-electron chi connectivity index (χ0n) is 24.7. The van der Waals surface area contributed by atoms with Gasteiger partial charge in [0.25, 0.3) is 0 Å². The molecule has 0 amide bonds. The lowest BCUT2D eigenvalue weighted by molar-refractivity contribution is -0.161. The van der Waals surface area contributed by atoms with Gasteiger partial charge in [0.1, 0.15) is 18.5 Å². The van der Waals surface area contributed by atoms with Gasteiger partial charge in [0.15, 0.2) is 23.0 Å². The van der Waals surface area contributed by atoms with E-state index in [1.807, 2.05) is 13.8 Å². The smallest absolute Gasteiger partial charge is 0.334 e. The molecule has 0 saturated heterocycles. The molecule has 226 valence electrons. The average molecular weight is 578 g/mol. The van der Waals surface area contributed by atoms with Gasteiger partial charge in [-0.2, -0.15) is 0 Å². The molecular weight excluding hydrogens is 537 g/mol. The number of methoxy groups -OCH3 is 2. The second-order valence-electron chi connectivity index (χ2n) is 10.0. The van der Waals surface area contributed by atoms with Crippen molar-refractivity contribution >= 4 is 17.7 Å². The van der Waals surface area contributed by atoms with Crippen LogP contribution in [0, 0.1) is 17.7 Å². The molecule has 3 atom stereocenters. The maximum atomic E-state index is 13.4. The van der Waals surface area contributed by atoms with Gasteiger partial charge >= 0.3 is 11.9 Å².